The molecule has 0 heterocycles. The van der Waals surface area contributed by atoms with Gasteiger partial charge in [0.15, 0.2) is 0 Å². The van der Waals surface area contributed by atoms with Gasteiger partial charge in [0.05, 0.1) is 6.61 Å². The van der Waals surface area contributed by atoms with Crippen molar-refractivity contribution in [2.45, 2.75) is 45.0 Å². The van der Waals surface area contributed by atoms with E-state index in [0.717, 1.165) is 25.7 Å². The molecule has 0 aromatic rings. The lowest BCUT2D eigenvalue weighted by molar-refractivity contribution is -0.164. The highest BCUT2D eigenvalue weighted by Crippen LogP contribution is 2.25. The number of allylic oxidation sites excluding steroid dienone is 1. The predicted molar refractivity (Wildman–Crippen MR) is 73.9 cm³/mol. The van der Waals surface area contributed by atoms with Crippen molar-refractivity contribution >= 4 is 28.6 Å². The lowest BCUT2D eigenvalue weighted by Gasteiger charge is -2.11. The number of unbranched alkanes of at least 4 members (excludes halogenated alkanes) is 3. The van der Waals surface area contributed by atoms with Crippen molar-refractivity contribution in [3.63, 3.8) is 0 Å². The molecule has 0 spiro atoms. The third-order valence-corrected chi connectivity index (χ3v) is 3.06. The molecular formula is C12H19F2IO3. The van der Waals surface area contributed by atoms with Gasteiger partial charge >= 0.3 is 11.9 Å². The summed E-state index contributed by atoms with van der Waals surface area (Å²) in [6.07, 6.45) is 4.45. The molecule has 1 N–H and O–H groups in total. The zero-order valence-corrected chi connectivity index (χ0v) is 12.6. The number of hydrogen-bond acceptors (Lipinski definition) is 3. The van der Waals surface area contributed by atoms with Crippen LogP contribution < -0.4 is 0 Å². The van der Waals surface area contributed by atoms with Gasteiger partial charge in [0, 0.05) is 12.7 Å². The monoisotopic (exact) mass is 376 g/mol. The van der Waals surface area contributed by atoms with Gasteiger partial charge in [0.2, 0.25) is 0 Å². The topological polar surface area (TPSA) is 46.5 Å². The van der Waals surface area contributed by atoms with Gasteiger partial charge in [-0.1, -0.05) is 12.8 Å². The molecule has 106 valence electrons. The molecule has 0 aliphatic rings. The second kappa shape index (κ2) is 9.66. The van der Waals surface area contributed by atoms with Crippen molar-refractivity contribution in [2.24, 2.45) is 0 Å². The molecule has 0 amide bonds. The molecule has 0 fully saturated rings. The van der Waals surface area contributed by atoms with Crippen LogP contribution in [0.25, 0.3) is 0 Å². The van der Waals surface area contributed by atoms with Crippen LogP contribution in [0.2, 0.25) is 0 Å². The maximum Gasteiger partial charge on any atom is 0.381 e. The first-order valence-corrected chi connectivity index (χ1v) is 7.05. The van der Waals surface area contributed by atoms with E-state index < -0.39 is 11.9 Å². The Bertz CT molecular complexity index is 280. The van der Waals surface area contributed by atoms with Crippen LogP contribution in [-0.4, -0.2) is 30.2 Å². The van der Waals surface area contributed by atoms with Crippen molar-refractivity contribution in [3.8, 4) is 0 Å². The Kier molecular flexibility index (Phi) is 9.53. The Labute approximate surface area is 120 Å². The van der Waals surface area contributed by atoms with Gasteiger partial charge in [-0.3, -0.25) is 0 Å². The molecule has 0 rings (SSSR count). The minimum Gasteiger partial charge on any atom is -0.461 e. The highest BCUT2D eigenvalue weighted by Gasteiger charge is 2.38. The second-order valence-corrected chi connectivity index (χ2v) is 5.21. The number of hydrogen-bond donors (Lipinski definition) is 1. The first-order chi connectivity index (χ1) is 8.44. The van der Waals surface area contributed by atoms with E-state index >= 15 is 0 Å². The number of esters is 1. The van der Waals surface area contributed by atoms with Crippen molar-refractivity contribution in [2.75, 3.05) is 13.2 Å². The highest BCUT2D eigenvalue weighted by atomic mass is 127. The Balaban J connectivity index is 4.10. The zero-order chi connectivity index (χ0) is 14.0. The molecule has 0 aromatic carbocycles. The van der Waals surface area contributed by atoms with Crippen LogP contribution in [0, 0.1) is 0 Å². The lowest BCUT2D eigenvalue weighted by Crippen LogP contribution is -2.28. The molecule has 0 saturated carbocycles. The number of rotatable bonds is 9. The van der Waals surface area contributed by atoms with Crippen molar-refractivity contribution < 1.29 is 23.4 Å². The van der Waals surface area contributed by atoms with E-state index in [2.05, 4.69) is 4.74 Å². The minimum absolute atomic E-state index is 0.0556. The van der Waals surface area contributed by atoms with Crippen molar-refractivity contribution in [3.05, 3.63) is 9.66 Å². The van der Waals surface area contributed by atoms with E-state index in [1.165, 1.54) is 6.92 Å². The van der Waals surface area contributed by atoms with Gasteiger partial charge in [-0.2, -0.15) is 8.78 Å². The molecule has 0 unspecified atom stereocenters. The summed E-state index contributed by atoms with van der Waals surface area (Å²) in [7, 11) is 0. The summed E-state index contributed by atoms with van der Waals surface area (Å²) in [6, 6.07) is 0. The van der Waals surface area contributed by atoms with E-state index in [0.29, 0.717) is 16.1 Å². The third kappa shape index (κ3) is 7.97. The molecule has 18 heavy (non-hydrogen) atoms. The fourth-order valence-corrected chi connectivity index (χ4v) is 2.09. The Morgan fingerprint density at radius 3 is 2.50 bits per heavy atom. The van der Waals surface area contributed by atoms with E-state index in [9.17, 15) is 13.6 Å². The fraction of sp³-hybridized carbons (Fsp3) is 0.750. The number of carbonyl (C=O) groups excluding carboxylic acids is 1. The summed E-state index contributed by atoms with van der Waals surface area (Å²) in [5.41, 5.74) is 0. The third-order valence-electron chi connectivity index (χ3n) is 2.21. The van der Waals surface area contributed by atoms with E-state index in [1.54, 1.807) is 0 Å². The maximum absolute atomic E-state index is 13.3. The predicted octanol–water partition coefficient (Wildman–Crippen LogP) is 3.45. The standard InChI is InChI=1S/C12H19F2IO3/c1-2-18-11(17)12(13,14)9-10(15)7-5-3-4-6-8-16/h9,16H,2-8H2,1H3. The van der Waals surface area contributed by atoms with Gasteiger partial charge in [-0.05, 0) is 52.4 Å². The average molecular weight is 376 g/mol. The number of carbonyl (C=O) groups is 1. The fourth-order valence-electron chi connectivity index (χ4n) is 1.31. The van der Waals surface area contributed by atoms with Gasteiger partial charge in [-0.15, -0.1) is 0 Å². The van der Waals surface area contributed by atoms with Gasteiger partial charge in [0.25, 0.3) is 0 Å². The minimum atomic E-state index is -3.54. The molecule has 0 aliphatic heterocycles. The maximum atomic E-state index is 13.3. The second-order valence-electron chi connectivity index (χ2n) is 3.82. The van der Waals surface area contributed by atoms with Gasteiger partial charge < -0.3 is 9.84 Å². The summed E-state index contributed by atoms with van der Waals surface area (Å²) >= 11 is 1.81. The molecule has 0 aromatic heterocycles. The van der Waals surface area contributed by atoms with Gasteiger partial charge in [0.1, 0.15) is 0 Å². The van der Waals surface area contributed by atoms with E-state index in [4.69, 9.17) is 5.11 Å². The smallest absolute Gasteiger partial charge is 0.381 e. The normalized spacial score (nSPS) is 12.6. The van der Waals surface area contributed by atoms with Crippen LogP contribution >= 0.6 is 22.6 Å². The number of ether oxygens (including phenoxy) is 1. The van der Waals surface area contributed by atoms with Crippen LogP contribution in [0.4, 0.5) is 8.78 Å². The van der Waals surface area contributed by atoms with E-state index in [1.807, 2.05) is 22.6 Å². The molecule has 0 aliphatic carbocycles. The van der Waals surface area contributed by atoms with Crippen molar-refractivity contribution in [1.29, 1.82) is 0 Å². The number of aliphatic hydroxyl groups excluding tert-OH is 1. The van der Waals surface area contributed by atoms with Crippen LogP contribution in [-0.2, 0) is 9.53 Å². The molecular weight excluding hydrogens is 357 g/mol. The molecule has 0 saturated heterocycles. The largest absolute Gasteiger partial charge is 0.461 e. The molecule has 0 bridgehead atoms. The lowest BCUT2D eigenvalue weighted by atomic mass is 10.1. The molecule has 0 radical (unpaired) electrons. The number of aliphatic hydroxyl groups is 1. The Morgan fingerprint density at radius 1 is 1.33 bits per heavy atom. The van der Waals surface area contributed by atoms with Crippen LogP contribution in [0.5, 0.6) is 0 Å². The van der Waals surface area contributed by atoms with Crippen LogP contribution in [0.1, 0.15) is 39.0 Å². The SMILES string of the molecule is CCOC(=O)C(F)(F)C=C(I)CCCCCCO. The van der Waals surface area contributed by atoms with Crippen molar-refractivity contribution in [1.82, 2.24) is 0 Å². The highest BCUT2D eigenvalue weighted by molar-refractivity contribution is 14.1. The van der Waals surface area contributed by atoms with Crippen LogP contribution in [0.15, 0.2) is 9.66 Å². The number of alkyl halides is 2. The summed E-state index contributed by atoms with van der Waals surface area (Å²) < 4.78 is 31.3. The Hall–Kier alpha value is -0.240. The summed E-state index contributed by atoms with van der Waals surface area (Å²) in [5.74, 6) is -5.04. The van der Waals surface area contributed by atoms with Gasteiger partial charge in [-0.25, -0.2) is 4.79 Å². The molecule has 0 atom stereocenters. The number of halogens is 3. The van der Waals surface area contributed by atoms with E-state index in [-0.39, 0.29) is 13.2 Å². The summed E-state index contributed by atoms with van der Waals surface area (Å²) in [5, 5.41) is 8.58. The molecule has 3 nitrogen and oxygen atoms in total. The summed E-state index contributed by atoms with van der Waals surface area (Å²) in [6.45, 7) is 1.59. The Morgan fingerprint density at radius 2 is 1.94 bits per heavy atom. The first kappa shape index (κ1) is 17.8. The summed E-state index contributed by atoms with van der Waals surface area (Å²) in [4.78, 5) is 11.0. The quantitative estimate of drug-likeness (QED) is 0.381. The average Bonchev–Trinajstić information content (AvgIpc) is 2.28. The zero-order valence-electron chi connectivity index (χ0n) is 10.4. The molecule has 6 heteroatoms. The van der Waals surface area contributed by atoms with Crippen LogP contribution in [0.3, 0.4) is 0 Å². The first-order valence-electron chi connectivity index (χ1n) is 5.97.